The lowest BCUT2D eigenvalue weighted by molar-refractivity contribution is 0.179. The van der Waals surface area contributed by atoms with Crippen LogP contribution in [0, 0.1) is 6.92 Å². The van der Waals surface area contributed by atoms with Gasteiger partial charge in [-0.25, -0.2) is 9.97 Å². The van der Waals surface area contributed by atoms with Crippen molar-refractivity contribution in [1.29, 1.82) is 0 Å². The van der Waals surface area contributed by atoms with E-state index in [1.165, 1.54) is 11.1 Å². The van der Waals surface area contributed by atoms with Crippen molar-refractivity contribution in [2.75, 3.05) is 26.2 Å². The third-order valence-corrected chi connectivity index (χ3v) is 4.10. The van der Waals surface area contributed by atoms with E-state index in [9.17, 15) is 0 Å². The quantitative estimate of drug-likeness (QED) is 0.938. The smallest absolute Gasteiger partial charge is 0.145 e. The number of nitrogens with zero attached hydrogens (tertiary/aromatic N) is 3. The number of nitrogens with one attached hydrogen (secondary N) is 1. The van der Waals surface area contributed by atoms with Crippen LogP contribution in [-0.2, 0) is 0 Å². The standard InChI is InChI=1S/C17H22N4/c1-13-4-3-5-15(10-13)16-11-19-17(20-12-16)14(2)21-8-6-18-7-9-21/h3-5,10-12,14,18H,6-9H2,1-2H3. The summed E-state index contributed by atoms with van der Waals surface area (Å²) in [6, 6.07) is 8.72. The molecule has 1 fully saturated rings. The van der Waals surface area contributed by atoms with E-state index in [0.29, 0.717) is 0 Å². The molecule has 2 aromatic rings. The lowest BCUT2D eigenvalue weighted by Crippen LogP contribution is -2.44. The molecule has 3 rings (SSSR count). The van der Waals surface area contributed by atoms with Gasteiger partial charge in [0.05, 0.1) is 6.04 Å². The maximum absolute atomic E-state index is 4.59. The summed E-state index contributed by atoms with van der Waals surface area (Å²) in [5, 5.41) is 3.37. The van der Waals surface area contributed by atoms with Crippen LogP contribution in [-0.4, -0.2) is 41.0 Å². The van der Waals surface area contributed by atoms with E-state index in [1.807, 2.05) is 12.4 Å². The van der Waals surface area contributed by atoms with Crippen LogP contribution in [0.5, 0.6) is 0 Å². The fourth-order valence-electron chi connectivity index (χ4n) is 2.76. The Bertz CT molecular complexity index is 588. The molecule has 0 saturated carbocycles. The molecule has 2 heterocycles. The Morgan fingerprint density at radius 3 is 2.48 bits per heavy atom. The summed E-state index contributed by atoms with van der Waals surface area (Å²) in [4.78, 5) is 11.6. The molecule has 0 bridgehead atoms. The highest BCUT2D eigenvalue weighted by Crippen LogP contribution is 2.21. The molecule has 1 atom stereocenters. The summed E-state index contributed by atoms with van der Waals surface area (Å²) in [5.41, 5.74) is 3.51. The van der Waals surface area contributed by atoms with Crippen molar-refractivity contribution in [1.82, 2.24) is 20.2 Å². The van der Waals surface area contributed by atoms with Gasteiger partial charge in [0.25, 0.3) is 0 Å². The number of hydrogen-bond donors (Lipinski definition) is 1. The Morgan fingerprint density at radius 1 is 1.10 bits per heavy atom. The zero-order chi connectivity index (χ0) is 14.7. The third kappa shape index (κ3) is 3.28. The summed E-state index contributed by atoms with van der Waals surface area (Å²) < 4.78 is 0. The van der Waals surface area contributed by atoms with Crippen molar-refractivity contribution in [3.8, 4) is 11.1 Å². The van der Waals surface area contributed by atoms with Crippen molar-refractivity contribution < 1.29 is 0 Å². The number of piperazine rings is 1. The Labute approximate surface area is 126 Å². The molecule has 21 heavy (non-hydrogen) atoms. The van der Waals surface area contributed by atoms with Gasteiger partial charge >= 0.3 is 0 Å². The molecule has 0 spiro atoms. The minimum Gasteiger partial charge on any atom is -0.314 e. The Kier molecular flexibility index (Phi) is 4.27. The van der Waals surface area contributed by atoms with Crippen LogP contribution in [0.4, 0.5) is 0 Å². The van der Waals surface area contributed by atoms with Gasteiger partial charge in [0.1, 0.15) is 5.82 Å². The van der Waals surface area contributed by atoms with Gasteiger partial charge in [-0.3, -0.25) is 4.90 Å². The second-order valence-electron chi connectivity index (χ2n) is 5.66. The summed E-state index contributed by atoms with van der Waals surface area (Å²) in [6.45, 7) is 8.50. The fourth-order valence-corrected chi connectivity index (χ4v) is 2.76. The van der Waals surface area contributed by atoms with E-state index in [0.717, 1.165) is 37.6 Å². The molecule has 1 saturated heterocycles. The highest BCUT2D eigenvalue weighted by atomic mass is 15.2. The molecule has 1 unspecified atom stereocenters. The van der Waals surface area contributed by atoms with Crippen LogP contribution >= 0.6 is 0 Å². The molecular weight excluding hydrogens is 260 g/mol. The molecule has 0 aliphatic carbocycles. The highest BCUT2D eigenvalue weighted by molar-refractivity contribution is 5.62. The van der Waals surface area contributed by atoms with E-state index >= 15 is 0 Å². The Balaban J connectivity index is 1.77. The van der Waals surface area contributed by atoms with Crippen molar-refractivity contribution in [2.45, 2.75) is 19.9 Å². The first kappa shape index (κ1) is 14.2. The SMILES string of the molecule is Cc1cccc(-c2cnc(C(C)N3CCNCC3)nc2)c1. The zero-order valence-electron chi connectivity index (χ0n) is 12.7. The van der Waals surface area contributed by atoms with Gasteiger partial charge in [0, 0.05) is 44.1 Å². The first-order chi connectivity index (χ1) is 10.2. The predicted octanol–water partition coefficient (Wildman–Crippen LogP) is 2.42. The van der Waals surface area contributed by atoms with E-state index in [4.69, 9.17) is 0 Å². The van der Waals surface area contributed by atoms with Gasteiger partial charge in [-0.2, -0.15) is 0 Å². The number of aryl methyl sites for hydroxylation is 1. The molecule has 0 radical (unpaired) electrons. The molecule has 1 aliphatic heterocycles. The second-order valence-corrected chi connectivity index (χ2v) is 5.66. The maximum atomic E-state index is 4.59. The molecule has 4 nitrogen and oxygen atoms in total. The molecule has 1 aromatic heterocycles. The zero-order valence-corrected chi connectivity index (χ0v) is 12.7. The van der Waals surface area contributed by atoms with E-state index < -0.39 is 0 Å². The summed E-state index contributed by atoms with van der Waals surface area (Å²) >= 11 is 0. The summed E-state index contributed by atoms with van der Waals surface area (Å²) in [7, 11) is 0. The maximum Gasteiger partial charge on any atom is 0.145 e. The Morgan fingerprint density at radius 2 is 1.81 bits per heavy atom. The van der Waals surface area contributed by atoms with E-state index in [-0.39, 0.29) is 6.04 Å². The van der Waals surface area contributed by atoms with Crippen LogP contribution < -0.4 is 5.32 Å². The lowest BCUT2D eigenvalue weighted by atomic mass is 10.1. The van der Waals surface area contributed by atoms with Gasteiger partial charge in [0.15, 0.2) is 0 Å². The number of hydrogen-bond acceptors (Lipinski definition) is 4. The molecule has 1 aliphatic rings. The van der Waals surface area contributed by atoms with Gasteiger partial charge < -0.3 is 5.32 Å². The van der Waals surface area contributed by atoms with Gasteiger partial charge in [0.2, 0.25) is 0 Å². The van der Waals surface area contributed by atoms with Crippen molar-refractivity contribution >= 4 is 0 Å². The van der Waals surface area contributed by atoms with Crippen molar-refractivity contribution in [2.24, 2.45) is 0 Å². The first-order valence-corrected chi connectivity index (χ1v) is 7.58. The van der Waals surface area contributed by atoms with E-state index in [2.05, 4.69) is 58.3 Å². The first-order valence-electron chi connectivity index (χ1n) is 7.58. The topological polar surface area (TPSA) is 41.1 Å². The summed E-state index contributed by atoms with van der Waals surface area (Å²) in [5.74, 6) is 0.910. The lowest BCUT2D eigenvalue weighted by Gasteiger charge is -2.31. The minimum absolute atomic E-state index is 0.277. The van der Waals surface area contributed by atoms with Gasteiger partial charge in [-0.05, 0) is 19.4 Å². The number of benzene rings is 1. The second kappa shape index (κ2) is 6.33. The Hall–Kier alpha value is -1.78. The predicted molar refractivity (Wildman–Crippen MR) is 85.1 cm³/mol. The van der Waals surface area contributed by atoms with Crippen LogP contribution in [0.3, 0.4) is 0 Å². The van der Waals surface area contributed by atoms with Crippen LogP contribution in [0.1, 0.15) is 24.4 Å². The number of rotatable bonds is 3. The molecular formula is C17H22N4. The van der Waals surface area contributed by atoms with Crippen LogP contribution in [0.25, 0.3) is 11.1 Å². The average molecular weight is 282 g/mol. The molecule has 0 amide bonds. The fraction of sp³-hybridized carbons (Fsp3) is 0.412. The molecule has 110 valence electrons. The van der Waals surface area contributed by atoms with Gasteiger partial charge in [-0.15, -0.1) is 0 Å². The largest absolute Gasteiger partial charge is 0.314 e. The number of aromatic nitrogens is 2. The van der Waals surface area contributed by atoms with Gasteiger partial charge in [-0.1, -0.05) is 29.8 Å². The average Bonchev–Trinajstić information content (AvgIpc) is 2.55. The minimum atomic E-state index is 0.277. The molecule has 4 heteroatoms. The third-order valence-electron chi connectivity index (χ3n) is 4.10. The van der Waals surface area contributed by atoms with E-state index in [1.54, 1.807) is 0 Å². The van der Waals surface area contributed by atoms with Crippen molar-refractivity contribution in [3.63, 3.8) is 0 Å². The van der Waals surface area contributed by atoms with Crippen LogP contribution in [0.2, 0.25) is 0 Å². The van der Waals surface area contributed by atoms with Crippen LogP contribution in [0.15, 0.2) is 36.7 Å². The highest BCUT2D eigenvalue weighted by Gasteiger charge is 2.19. The monoisotopic (exact) mass is 282 g/mol. The molecule has 1 N–H and O–H groups in total. The summed E-state index contributed by atoms with van der Waals surface area (Å²) in [6.07, 6.45) is 3.88. The van der Waals surface area contributed by atoms with Crippen molar-refractivity contribution in [3.05, 3.63) is 48.0 Å². The molecule has 1 aromatic carbocycles. The normalized spacial score (nSPS) is 17.6.